The topological polar surface area (TPSA) is 66.9 Å². The summed E-state index contributed by atoms with van der Waals surface area (Å²) in [6, 6.07) is 0.292. The Balaban J connectivity index is 1.88. The number of anilines is 1. The fourth-order valence-electron chi connectivity index (χ4n) is 1.49. The summed E-state index contributed by atoms with van der Waals surface area (Å²) in [5.74, 6) is 1.02. The first kappa shape index (κ1) is 10.4. The molecule has 1 saturated heterocycles. The standard InChI is InChI=1S/C9H14N4OS/c1-2-7-12-9(15-13-7)11-6-3-4-8(14)10-5-6/h6H,2-5H2,1H3,(H,10,14)(H,11,12,13). The van der Waals surface area contributed by atoms with Crippen molar-refractivity contribution in [3.63, 3.8) is 0 Å². The number of aryl methyl sites for hydroxylation is 1. The van der Waals surface area contributed by atoms with Crippen molar-refractivity contribution in [3.05, 3.63) is 5.82 Å². The zero-order valence-electron chi connectivity index (χ0n) is 8.62. The largest absolute Gasteiger partial charge is 0.356 e. The lowest BCUT2D eigenvalue weighted by molar-refractivity contribution is -0.122. The van der Waals surface area contributed by atoms with Gasteiger partial charge in [-0.2, -0.15) is 4.37 Å². The first-order valence-corrected chi connectivity index (χ1v) is 5.91. The number of aromatic nitrogens is 2. The molecule has 2 N–H and O–H groups in total. The average molecular weight is 226 g/mol. The van der Waals surface area contributed by atoms with Crippen LogP contribution >= 0.6 is 11.5 Å². The molecular weight excluding hydrogens is 212 g/mol. The predicted octanol–water partition coefficient (Wildman–Crippen LogP) is 0.791. The summed E-state index contributed by atoms with van der Waals surface area (Å²) in [5, 5.41) is 6.97. The average Bonchev–Trinajstić information content (AvgIpc) is 2.69. The quantitative estimate of drug-likeness (QED) is 0.799. The van der Waals surface area contributed by atoms with Gasteiger partial charge in [-0.15, -0.1) is 0 Å². The highest BCUT2D eigenvalue weighted by Gasteiger charge is 2.18. The number of hydrogen-bond donors (Lipinski definition) is 2. The van der Waals surface area contributed by atoms with Crippen LogP contribution in [0.1, 0.15) is 25.6 Å². The minimum absolute atomic E-state index is 0.138. The second-order valence-electron chi connectivity index (χ2n) is 3.55. The Morgan fingerprint density at radius 3 is 3.13 bits per heavy atom. The number of carbonyl (C=O) groups is 1. The van der Waals surface area contributed by atoms with Crippen LogP contribution < -0.4 is 10.6 Å². The summed E-state index contributed by atoms with van der Waals surface area (Å²) in [7, 11) is 0. The second kappa shape index (κ2) is 4.57. The molecular formula is C9H14N4OS. The summed E-state index contributed by atoms with van der Waals surface area (Å²) < 4.78 is 4.20. The molecule has 82 valence electrons. The molecule has 15 heavy (non-hydrogen) atoms. The van der Waals surface area contributed by atoms with Gasteiger partial charge in [0.2, 0.25) is 11.0 Å². The Hall–Kier alpha value is -1.17. The zero-order valence-corrected chi connectivity index (χ0v) is 9.43. The maximum Gasteiger partial charge on any atom is 0.220 e. The molecule has 0 aromatic carbocycles. The van der Waals surface area contributed by atoms with Gasteiger partial charge in [0.25, 0.3) is 0 Å². The number of rotatable bonds is 3. The van der Waals surface area contributed by atoms with Gasteiger partial charge in [0.15, 0.2) is 0 Å². The van der Waals surface area contributed by atoms with E-state index in [9.17, 15) is 4.79 Å². The van der Waals surface area contributed by atoms with Crippen molar-refractivity contribution in [1.82, 2.24) is 14.7 Å². The molecule has 2 rings (SSSR count). The van der Waals surface area contributed by atoms with Gasteiger partial charge < -0.3 is 10.6 Å². The van der Waals surface area contributed by atoms with Gasteiger partial charge in [0.05, 0.1) is 0 Å². The smallest absolute Gasteiger partial charge is 0.220 e. The lowest BCUT2D eigenvalue weighted by Crippen LogP contribution is -2.41. The first-order valence-electron chi connectivity index (χ1n) is 5.13. The van der Waals surface area contributed by atoms with Gasteiger partial charge in [-0.05, 0) is 6.42 Å². The third kappa shape index (κ3) is 2.65. The number of nitrogens with zero attached hydrogens (tertiary/aromatic N) is 2. The SMILES string of the molecule is CCc1nsc(NC2CCC(=O)NC2)n1. The van der Waals surface area contributed by atoms with E-state index >= 15 is 0 Å². The number of hydrogen-bond acceptors (Lipinski definition) is 5. The number of amides is 1. The van der Waals surface area contributed by atoms with Crippen molar-refractivity contribution in [2.24, 2.45) is 0 Å². The number of carbonyl (C=O) groups excluding carboxylic acids is 1. The summed E-state index contributed by atoms with van der Waals surface area (Å²) in [6.07, 6.45) is 2.32. The van der Waals surface area contributed by atoms with Crippen LogP contribution in [0.2, 0.25) is 0 Å². The first-order chi connectivity index (χ1) is 7.28. The maximum atomic E-state index is 10.9. The maximum absolute atomic E-state index is 10.9. The molecule has 1 aromatic rings. The van der Waals surface area contributed by atoms with Crippen LogP contribution in [-0.2, 0) is 11.2 Å². The molecule has 0 spiro atoms. The Labute approximate surface area is 92.5 Å². The third-order valence-electron chi connectivity index (χ3n) is 2.38. The molecule has 1 fully saturated rings. The molecule has 2 heterocycles. The van der Waals surface area contributed by atoms with Gasteiger partial charge in [-0.1, -0.05) is 6.92 Å². The molecule has 0 radical (unpaired) electrons. The van der Waals surface area contributed by atoms with E-state index in [-0.39, 0.29) is 5.91 Å². The van der Waals surface area contributed by atoms with Crippen LogP contribution in [-0.4, -0.2) is 27.9 Å². The van der Waals surface area contributed by atoms with Crippen LogP contribution in [0.25, 0.3) is 0 Å². The zero-order chi connectivity index (χ0) is 10.7. The van der Waals surface area contributed by atoms with Gasteiger partial charge in [0, 0.05) is 37.0 Å². The van der Waals surface area contributed by atoms with Crippen molar-refractivity contribution in [2.45, 2.75) is 32.2 Å². The summed E-state index contributed by atoms with van der Waals surface area (Å²) in [4.78, 5) is 15.3. The number of nitrogens with one attached hydrogen (secondary N) is 2. The third-order valence-corrected chi connectivity index (χ3v) is 3.06. The summed E-state index contributed by atoms with van der Waals surface area (Å²) in [6.45, 7) is 2.71. The van der Waals surface area contributed by atoms with Crippen molar-refractivity contribution >= 4 is 22.6 Å². The van der Waals surface area contributed by atoms with Gasteiger partial charge >= 0.3 is 0 Å². The van der Waals surface area contributed by atoms with E-state index in [1.54, 1.807) is 0 Å². The molecule has 6 heteroatoms. The Kier molecular flexibility index (Phi) is 3.15. The van der Waals surface area contributed by atoms with E-state index in [1.165, 1.54) is 11.5 Å². The molecule has 1 aliphatic rings. The van der Waals surface area contributed by atoms with Crippen LogP contribution in [0.3, 0.4) is 0 Å². The predicted molar refractivity (Wildman–Crippen MR) is 58.9 cm³/mol. The van der Waals surface area contributed by atoms with E-state index in [0.29, 0.717) is 19.0 Å². The highest BCUT2D eigenvalue weighted by atomic mass is 32.1. The van der Waals surface area contributed by atoms with Crippen LogP contribution in [0, 0.1) is 0 Å². The highest BCUT2D eigenvalue weighted by molar-refractivity contribution is 7.09. The molecule has 5 nitrogen and oxygen atoms in total. The van der Waals surface area contributed by atoms with Crippen molar-refractivity contribution in [2.75, 3.05) is 11.9 Å². The molecule has 0 saturated carbocycles. The van der Waals surface area contributed by atoms with Gasteiger partial charge in [0.1, 0.15) is 5.82 Å². The fourth-order valence-corrected chi connectivity index (χ4v) is 2.21. The number of piperidine rings is 1. The van der Waals surface area contributed by atoms with Crippen LogP contribution in [0.5, 0.6) is 0 Å². The Morgan fingerprint density at radius 1 is 1.67 bits per heavy atom. The molecule has 1 aliphatic heterocycles. The van der Waals surface area contributed by atoms with Crippen molar-refractivity contribution < 1.29 is 4.79 Å². The Morgan fingerprint density at radius 2 is 2.53 bits per heavy atom. The van der Waals surface area contributed by atoms with Crippen LogP contribution in [0.4, 0.5) is 5.13 Å². The summed E-state index contributed by atoms with van der Waals surface area (Å²) >= 11 is 1.38. The Bertz CT molecular complexity index is 342. The summed E-state index contributed by atoms with van der Waals surface area (Å²) in [5.41, 5.74) is 0. The van der Waals surface area contributed by atoms with E-state index in [0.717, 1.165) is 23.8 Å². The van der Waals surface area contributed by atoms with E-state index in [2.05, 4.69) is 20.0 Å². The normalized spacial score (nSPS) is 21.1. The fraction of sp³-hybridized carbons (Fsp3) is 0.667. The second-order valence-corrected chi connectivity index (χ2v) is 4.31. The lowest BCUT2D eigenvalue weighted by atomic mass is 10.1. The molecule has 1 amide bonds. The van der Waals surface area contributed by atoms with Crippen molar-refractivity contribution in [3.8, 4) is 0 Å². The van der Waals surface area contributed by atoms with E-state index in [1.807, 2.05) is 6.92 Å². The minimum Gasteiger partial charge on any atom is -0.356 e. The highest BCUT2D eigenvalue weighted by Crippen LogP contribution is 2.15. The van der Waals surface area contributed by atoms with E-state index in [4.69, 9.17) is 0 Å². The molecule has 1 unspecified atom stereocenters. The van der Waals surface area contributed by atoms with E-state index < -0.39 is 0 Å². The van der Waals surface area contributed by atoms with Gasteiger partial charge in [-0.25, -0.2) is 4.98 Å². The van der Waals surface area contributed by atoms with Crippen LogP contribution in [0.15, 0.2) is 0 Å². The minimum atomic E-state index is 0.138. The van der Waals surface area contributed by atoms with Gasteiger partial charge in [-0.3, -0.25) is 4.79 Å². The monoisotopic (exact) mass is 226 g/mol. The molecule has 0 bridgehead atoms. The molecule has 0 aliphatic carbocycles. The molecule has 1 atom stereocenters. The van der Waals surface area contributed by atoms with Crippen molar-refractivity contribution in [1.29, 1.82) is 0 Å². The molecule has 1 aromatic heterocycles. The lowest BCUT2D eigenvalue weighted by Gasteiger charge is -2.22.